The van der Waals surface area contributed by atoms with Gasteiger partial charge in [0.2, 0.25) is 0 Å². The summed E-state index contributed by atoms with van der Waals surface area (Å²) >= 11 is 5.47. The van der Waals surface area contributed by atoms with E-state index in [-0.39, 0.29) is 12.1 Å². The minimum atomic E-state index is -0.562. The Morgan fingerprint density at radius 1 is 1.14 bits per heavy atom. The number of hydrogen-bond donors (Lipinski definition) is 3. The van der Waals surface area contributed by atoms with Crippen LogP contribution in [0.4, 0.5) is 10.5 Å². The van der Waals surface area contributed by atoms with Crippen LogP contribution in [0.5, 0.6) is 11.5 Å². The van der Waals surface area contributed by atoms with Gasteiger partial charge in [0.1, 0.15) is 18.8 Å². The highest BCUT2D eigenvalue weighted by atomic mass is 32.1. The van der Waals surface area contributed by atoms with Crippen LogP contribution in [0.3, 0.4) is 0 Å². The van der Waals surface area contributed by atoms with Gasteiger partial charge >= 0.3 is 6.09 Å². The molecule has 2 atom stereocenters. The molecule has 0 aromatic heterocycles. The van der Waals surface area contributed by atoms with Gasteiger partial charge in [-0.3, -0.25) is 0 Å². The van der Waals surface area contributed by atoms with Gasteiger partial charge in [-0.1, -0.05) is 6.07 Å². The molecular weight excluding hydrogens is 382 g/mol. The largest absolute Gasteiger partial charge is 0.486 e. The molecule has 1 aromatic rings. The minimum absolute atomic E-state index is 0.0852. The predicted molar refractivity (Wildman–Crippen MR) is 109 cm³/mol. The molecule has 1 amide bonds. The highest BCUT2D eigenvalue weighted by molar-refractivity contribution is 7.80. The third-order valence-corrected chi connectivity index (χ3v) is 4.41. The summed E-state index contributed by atoms with van der Waals surface area (Å²) in [6.45, 7) is 7.47. The van der Waals surface area contributed by atoms with E-state index in [1.165, 1.54) is 0 Å². The van der Waals surface area contributed by atoms with Crippen molar-refractivity contribution in [2.45, 2.75) is 44.9 Å². The van der Waals surface area contributed by atoms with Crippen LogP contribution < -0.4 is 25.4 Å². The van der Waals surface area contributed by atoms with Crippen molar-refractivity contribution < 1.29 is 23.7 Å². The van der Waals surface area contributed by atoms with Crippen LogP contribution in [-0.2, 0) is 9.47 Å². The molecule has 2 heterocycles. The lowest BCUT2D eigenvalue weighted by molar-refractivity contribution is 0.0278. The summed E-state index contributed by atoms with van der Waals surface area (Å²) in [5.74, 6) is 1.34. The molecule has 0 aliphatic carbocycles. The third kappa shape index (κ3) is 5.62. The second-order valence-electron chi connectivity index (χ2n) is 7.65. The number of rotatable bonds is 3. The molecule has 0 spiro atoms. The van der Waals surface area contributed by atoms with Crippen molar-refractivity contribution in [3.8, 4) is 11.5 Å². The molecular formula is C19H27N3O5S. The fourth-order valence-electron chi connectivity index (χ4n) is 3.01. The van der Waals surface area contributed by atoms with Gasteiger partial charge in [-0.25, -0.2) is 4.79 Å². The van der Waals surface area contributed by atoms with Gasteiger partial charge < -0.3 is 34.9 Å². The van der Waals surface area contributed by atoms with E-state index in [2.05, 4.69) is 16.0 Å². The molecule has 2 aliphatic heterocycles. The first-order chi connectivity index (χ1) is 13.3. The fraction of sp³-hybridized carbons (Fsp3) is 0.579. The fourth-order valence-corrected chi connectivity index (χ4v) is 3.27. The maximum atomic E-state index is 12.1. The summed E-state index contributed by atoms with van der Waals surface area (Å²) < 4.78 is 22.1. The highest BCUT2D eigenvalue weighted by Gasteiger charge is 2.30. The zero-order valence-corrected chi connectivity index (χ0v) is 17.2. The zero-order chi connectivity index (χ0) is 20.1. The lowest BCUT2D eigenvalue weighted by Crippen LogP contribution is -2.57. The van der Waals surface area contributed by atoms with E-state index in [1.54, 1.807) is 0 Å². The average molecular weight is 410 g/mol. The lowest BCUT2D eigenvalue weighted by atomic mass is 10.0. The van der Waals surface area contributed by atoms with E-state index in [1.807, 2.05) is 39.0 Å². The van der Waals surface area contributed by atoms with E-state index in [9.17, 15) is 4.79 Å². The predicted octanol–water partition coefficient (Wildman–Crippen LogP) is 2.43. The smallest absolute Gasteiger partial charge is 0.408 e. The molecule has 3 N–H and O–H groups in total. The quantitative estimate of drug-likeness (QED) is 0.656. The molecule has 8 nitrogen and oxygen atoms in total. The topological polar surface area (TPSA) is 90.1 Å². The normalized spacial score (nSPS) is 21.4. The summed E-state index contributed by atoms with van der Waals surface area (Å²) in [5.41, 5.74) is 0.173. The monoisotopic (exact) mass is 409 g/mol. The molecule has 0 unspecified atom stereocenters. The molecule has 2 aliphatic rings. The minimum Gasteiger partial charge on any atom is -0.486 e. The summed E-state index contributed by atoms with van der Waals surface area (Å²) in [7, 11) is 0. The van der Waals surface area contributed by atoms with Crippen molar-refractivity contribution in [3.63, 3.8) is 0 Å². The Kier molecular flexibility index (Phi) is 6.46. The lowest BCUT2D eigenvalue weighted by Gasteiger charge is -2.34. The van der Waals surface area contributed by atoms with E-state index in [0.717, 1.165) is 5.69 Å². The van der Waals surface area contributed by atoms with Gasteiger partial charge in [-0.15, -0.1) is 0 Å². The van der Waals surface area contributed by atoms with Crippen LogP contribution in [0.15, 0.2) is 18.2 Å². The average Bonchev–Trinajstić information content (AvgIpc) is 2.62. The second kappa shape index (κ2) is 8.83. The third-order valence-electron chi connectivity index (χ3n) is 4.19. The number of carbonyl (C=O) groups excluding carboxylic acids is 1. The van der Waals surface area contributed by atoms with Gasteiger partial charge in [-0.05, 0) is 51.5 Å². The highest BCUT2D eigenvalue weighted by Crippen LogP contribution is 2.37. The number of anilines is 1. The number of hydrogen-bond acceptors (Lipinski definition) is 6. The second-order valence-corrected chi connectivity index (χ2v) is 8.06. The summed E-state index contributed by atoms with van der Waals surface area (Å²) in [4.78, 5) is 12.1. The summed E-state index contributed by atoms with van der Waals surface area (Å²) in [6, 6.07) is 5.27. The first kappa shape index (κ1) is 20.5. The summed E-state index contributed by atoms with van der Waals surface area (Å²) in [5, 5.41) is 9.73. The molecule has 1 saturated heterocycles. The first-order valence-electron chi connectivity index (χ1n) is 9.35. The number of nitrogens with one attached hydrogen (secondary N) is 3. The Morgan fingerprint density at radius 2 is 1.93 bits per heavy atom. The Morgan fingerprint density at radius 3 is 2.71 bits per heavy atom. The van der Waals surface area contributed by atoms with E-state index in [0.29, 0.717) is 49.5 Å². The van der Waals surface area contributed by atoms with Gasteiger partial charge in [0.25, 0.3) is 0 Å². The van der Waals surface area contributed by atoms with Crippen LogP contribution in [-0.4, -0.2) is 55.3 Å². The maximum absolute atomic E-state index is 12.1. The molecule has 154 valence electrons. The zero-order valence-electron chi connectivity index (χ0n) is 16.4. The van der Waals surface area contributed by atoms with Crippen molar-refractivity contribution in [2.75, 3.05) is 31.7 Å². The van der Waals surface area contributed by atoms with Crippen molar-refractivity contribution in [1.29, 1.82) is 0 Å². The number of amides is 1. The van der Waals surface area contributed by atoms with Gasteiger partial charge in [0.05, 0.1) is 24.4 Å². The molecule has 1 fully saturated rings. The van der Waals surface area contributed by atoms with Crippen LogP contribution in [0.2, 0.25) is 0 Å². The standard InChI is InChI=1S/C19H27N3O5S/c1-19(2,3)27-18(23)22-14-11-24-8-7-12(14)20-17(28)21-13-5-4-6-15-16(13)26-10-9-25-15/h4-6,12,14H,7-11H2,1-3H3,(H,22,23)(H2,20,21,28)/t12-,14+/m1/s1. The molecule has 0 radical (unpaired) electrons. The Balaban J connectivity index is 1.59. The summed E-state index contributed by atoms with van der Waals surface area (Å²) in [6.07, 6.45) is 0.228. The number of ether oxygens (including phenoxy) is 4. The number of benzene rings is 1. The number of thiocarbonyl (C=S) groups is 1. The van der Waals surface area contributed by atoms with E-state index < -0.39 is 11.7 Å². The van der Waals surface area contributed by atoms with Crippen molar-refractivity contribution in [2.24, 2.45) is 0 Å². The number of alkyl carbamates (subject to hydrolysis) is 1. The van der Waals surface area contributed by atoms with Crippen LogP contribution in [0.1, 0.15) is 27.2 Å². The Labute approximate surface area is 170 Å². The van der Waals surface area contributed by atoms with Crippen molar-refractivity contribution in [3.05, 3.63) is 18.2 Å². The molecule has 0 bridgehead atoms. The number of para-hydroxylation sites is 1. The molecule has 3 rings (SSSR count). The van der Waals surface area contributed by atoms with Crippen molar-refractivity contribution >= 4 is 29.1 Å². The SMILES string of the molecule is CC(C)(C)OC(=O)N[C@H]1COCC[C@H]1NC(=S)Nc1cccc2c1OCCO2. The van der Waals surface area contributed by atoms with Crippen LogP contribution in [0.25, 0.3) is 0 Å². The molecule has 9 heteroatoms. The van der Waals surface area contributed by atoms with Gasteiger partial charge in [0.15, 0.2) is 16.6 Å². The Hall–Kier alpha value is -2.26. The Bertz CT molecular complexity index is 722. The number of fused-ring (bicyclic) bond motifs is 1. The van der Waals surface area contributed by atoms with Gasteiger partial charge in [-0.2, -0.15) is 0 Å². The number of carbonyl (C=O) groups is 1. The van der Waals surface area contributed by atoms with Crippen molar-refractivity contribution in [1.82, 2.24) is 10.6 Å². The maximum Gasteiger partial charge on any atom is 0.408 e. The van der Waals surface area contributed by atoms with Gasteiger partial charge in [0, 0.05) is 6.61 Å². The van der Waals surface area contributed by atoms with Crippen LogP contribution in [0, 0.1) is 0 Å². The van der Waals surface area contributed by atoms with Crippen LogP contribution >= 0.6 is 12.2 Å². The van der Waals surface area contributed by atoms with E-state index >= 15 is 0 Å². The first-order valence-corrected chi connectivity index (χ1v) is 9.76. The molecule has 1 aromatic carbocycles. The van der Waals surface area contributed by atoms with E-state index in [4.69, 9.17) is 31.2 Å². The molecule has 28 heavy (non-hydrogen) atoms. The molecule has 0 saturated carbocycles.